The molecule has 0 aliphatic heterocycles. The van der Waals surface area contributed by atoms with Crippen LogP contribution in [0.1, 0.15) is 20.1 Å². The number of anilines is 2. The van der Waals surface area contributed by atoms with Gasteiger partial charge < -0.3 is 10.1 Å². The Morgan fingerprint density at radius 1 is 1.22 bits per heavy atom. The molecule has 0 aliphatic rings. The monoisotopic (exact) mass is 354 g/mol. The van der Waals surface area contributed by atoms with Gasteiger partial charge >= 0.3 is 0 Å². The molecule has 0 unspecified atom stereocenters. The highest BCUT2D eigenvalue weighted by Crippen LogP contribution is 2.29. The fourth-order valence-corrected chi connectivity index (χ4v) is 3.60. The third-order valence-corrected chi connectivity index (χ3v) is 4.60. The van der Waals surface area contributed by atoms with Gasteiger partial charge in [0.1, 0.15) is 5.75 Å². The Bertz CT molecular complexity index is 841. The van der Waals surface area contributed by atoms with Gasteiger partial charge in [0.05, 0.1) is 24.6 Å². The van der Waals surface area contributed by atoms with Crippen LogP contribution in [0.3, 0.4) is 0 Å². The SMILES string of the molecule is COc1cc(NC(=O)c2cc(C)sc2C)ccc1NS(C)(=O)=O. The number of rotatable bonds is 5. The van der Waals surface area contributed by atoms with Crippen molar-refractivity contribution in [3.63, 3.8) is 0 Å². The van der Waals surface area contributed by atoms with Crippen LogP contribution in [-0.4, -0.2) is 27.7 Å². The zero-order valence-corrected chi connectivity index (χ0v) is 14.9. The lowest BCUT2D eigenvalue weighted by Crippen LogP contribution is -2.13. The van der Waals surface area contributed by atoms with Gasteiger partial charge in [-0.1, -0.05) is 0 Å². The number of hydrogen-bond donors (Lipinski definition) is 2. The zero-order valence-electron chi connectivity index (χ0n) is 13.3. The van der Waals surface area contributed by atoms with E-state index in [2.05, 4.69) is 10.0 Å². The number of carbonyl (C=O) groups excluding carboxylic acids is 1. The fraction of sp³-hybridized carbons (Fsp3) is 0.267. The lowest BCUT2D eigenvalue weighted by molar-refractivity contribution is 0.102. The molecule has 2 N–H and O–H groups in total. The van der Waals surface area contributed by atoms with Gasteiger partial charge in [-0.3, -0.25) is 9.52 Å². The molecule has 0 saturated carbocycles. The van der Waals surface area contributed by atoms with Crippen molar-refractivity contribution in [3.05, 3.63) is 39.6 Å². The van der Waals surface area contributed by atoms with Crippen LogP contribution in [0.25, 0.3) is 0 Å². The van der Waals surface area contributed by atoms with Crippen LogP contribution in [0.4, 0.5) is 11.4 Å². The minimum absolute atomic E-state index is 0.210. The van der Waals surface area contributed by atoms with Gasteiger partial charge in [0.15, 0.2) is 0 Å². The normalized spacial score (nSPS) is 11.1. The number of nitrogens with one attached hydrogen (secondary N) is 2. The van der Waals surface area contributed by atoms with Gasteiger partial charge in [0.2, 0.25) is 10.0 Å². The maximum absolute atomic E-state index is 12.3. The van der Waals surface area contributed by atoms with Crippen LogP contribution in [0.15, 0.2) is 24.3 Å². The van der Waals surface area contributed by atoms with Crippen LogP contribution in [0.5, 0.6) is 5.75 Å². The summed E-state index contributed by atoms with van der Waals surface area (Å²) >= 11 is 1.56. The first kappa shape index (κ1) is 17.3. The Balaban J connectivity index is 2.24. The molecule has 0 bridgehead atoms. The average molecular weight is 354 g/mol. The van der Waals surface area contributed by atoms with E-state index in [1.165, 1.54) is 7.11 Å². The minimum atomic E-state index is -3.41. The van der Waals surface area contributed by atoms with E-state index in [1.54, 1.807) is 29.5 Å². The highest BCUT2D eigenvalue weighted by atomic mass is 32.2. The first-order chi connectivity index (χ1) is 10.7. The lowest BCUT2D eigenvalue weighted by atomic mass is 10.2. The summed E-state index contributed by atoms with van der Waals surface area (Å²) in [7, 11) is -1.98. The molecule has 8 heteroatoms. The van der Waals surface area contributed by atoms with Crippen molar-refractivity contribution in [1.82, 2.24) is 0 Å². The van der Waals surface area contributed by atoms with E-state index in [1.807, 2.05) is 19.9 Å². The van der Waals surface area contributed by atoms with Crippen LogP contribution < -0.4 is 14.8 Å². The van der Waals surface area contributed by atoms with E-state index in [0.29, 0.717) is 22.7 Å². The Hall–Kier alpha value is -2.06. The maximum Gasteiger partial charge on any atom is 0.256 e. The molecule has 1 heterocycles. The zero-order chi connectivity index (χ0) is 17.2. The van der Waals surface area contributed by atoms with Crippen molar-refractivity contribution in [2.24, 2.45) is 0 Å². The van der Waals surface area contributed by atoms with Crippen molar-refractivity contribution in [3.8, 4) is 5.75 Å². The average Bonchev–Trinajstić information content (AvgIpc) is 2.78. The summed E-state index contributed by atoms with van der Waals surface area (Å²) in [5.74, 6) is 0.115. The standard InChI is InChI=1S/C15H18N2O4S2/c1-9-7-12(10(2)22-9)15(18)16-11-5-6-13(14(8-11)21-3)17-23(4,19)20/h5-8,17H,1-4H3,(H,16,18). The van der Waals surface area contributed by atoms with E-state index >= 15 is 0 Å². The molecule has 1 aromatic carbocycles. The predicted molar refractivity (Wildman–Crippen MR) is 93.2 cm³/mol. The van der Waals surface area contributed by atoms with E-state index < -0.39 is 10.0 Å². The molecule has 0 spiro atoms. The summed E-state index contributed by atoms with van der Waals surface area (Å²) in [5.41, 5.74) is 1.47. The van der Waals surface area contributed by atoms with Crippen molar-refractivity contribution in [2.45, 2.75) is 13.8 Å². The number of aryl methyl sites for hydroxylation is 2. The molecule has 0 saturated heterocycles. The van der Waals surface area contributed by atoms with Crippen molar-refractivity contribution in [1.29, 1.82) is 0 Å². The second-order valence-corrected chi connectivity index (χ2v) is 8.28. The summed E-state index contributed by atoms with van der Waals surface area (Å²) in [5, 5.41) is 2.79. The second kappa shape index (κ2) is 6.59. The molecular formula is C15H18N2O4S2. The van der Waals surface area contributed by atoms with Crippen LogP contribution in [-0.2, 0) is 10.0 Å². The molecule has 2 aromatic rings. The van der Waals surface area contributed by atoms with E-state index in [9.17, 15) is 13.2 Å². The maximum atomic E-state index is 12.3. The van der Waals surface area contributed by atoms with Crippen LogP contribution in [0, 0.1) is 13.8 Å². The number of sulfonamides is 1. The van der Waals surface area contributed by atoms with Gasteiger partial charge in [-0.05, 0) is 32.0 Å². The van der Waals surface area contributed by atoms with Gasteiger partial charge in [-0.2, -0.15) is 0 Å². The number of benzene rings is 1. The highest BCUT2D eigenvalue weighted by Gasteiger charge is 2.14. The topological polar surface area (TPSA) is 84.5 Å². The summed E-state index contributed by atoms with van der Waals surface area (Å²) in [6, 6.07) is 6.57. The quantitative estimate of drug-likeness (QED) is 0.864. The fourth-order valence-electron chi connectivity index (χ4n) is 2.11. The summed E-state index contributed by atoms with van der Waals surface area (Å²) < 4.78 is 30.2. The van der Waals surface area contributed by atoms with Crippen molar-refractivity contribution in [2.75, 3.05) is 23.4 Å². The van der Waals surface area contributed by atoms with E-state index in [4.69, 9.17) is 4.74 Å². The molecule has 0 aliphatic carbocycles. The molecule has 2 rings (SSSR count). The van der Waals surface area contributed by atoms with Gasteiger partial charge in [-0.15, -0.1) is 11.3 Å². The molecule has 124 valence electrons. The van der Waals surface area contributed by atoms with E-state index in [-0.39, 0.29) is 5.91 Å². The summed E-state index contributed by atoms with van der Waals surface area (Å²) in [4.78, 5) is 14.3. The lowest BCUT2D eigenvalue weighted by Gasteiger charge is -2.12. The smallest absolute Gasteiger partial charge is 0.256 e. The Morgan fingerprint density at radius 2 is 1.91 bits per heavy atom. The molecule has 0 fully saturated rings. The molecule has 1 amide bonds. The number of thiophene rings is 1. The molecule has 6 nitrogen and oxygen atoms in total. The first-order valence-electron chi connectivity index (χ1n) is 6.74. The molecule has 0 atom stereocenters. The van der Waals surface area contributed by atoms with Crippen molar-refractivity contribution >= 4 is 38.6 Å². The third-order valence-electron chi connectivity index (χ3n) is 3.04. The summed E-state index contributed by atoms with van der Waals surface area (Å²) in [6.07, 6.45) is 1.06. The molecular weight excluding hydrogens is 336 g/mol. The number of ether oxygens (including phenoxy) is 1. The molecule has 1 aromatic heterocycles. The number of amides is 1. The minimum Gasteiger partial charge on any atom is -0.494 e. The predicted octanol–water partition coefficient (Wildman–Crippen LogP) is 3.00. The summed E-state index contributed by atoms with van der Waals surface area (Å²) in [6.45, 7) is 3.84. The van der Waals surface area contributed by atoms with Crippen molar-refractivity contribution < 1.29 is 17.9 Å². The largest absolute Gasteiger partial charge is 0.494 e. The second-order valence-electron chi connectivity index (χ2n) is 5.07. The highest BCUT2D eigenvalue weighted by molar-refractivity contribution is 7.92. The number of hydrogen-bond acceptors (Lipinski definition) is 5. The first-order valence-corrected chi connectivity index (χ1v) is 9.44. The van der Waals surface area contributed by atoms with Crippen LogP contribution >= 0.6 is 11.3 Å². The third kappa shape index (κ3) is 4.46. The Labute approximate surface area is 139 Å². The van der Waals surface area contributed by atoms with E-state index in [0.717, 1.165) is 16.0 Å². The van der Waals surface area contributed by atoms with Gasteiger partial charge in [0.25, 0.3) is 5.91 Å². The Kier molecular flexibility index (Phi) is 4.96. The molecule has 23 heavy (non-hydrogen) atoms. The van der Waals surface area contributed by atoms with Gasteiger partial charge in [0, 0.05) is 21.5 Å². The molecule has 0 radical (unpaired) electrons. The number of methoxy groups -OCH3 is 1. The Morgan fingerprint density at radius 3 is 2.43 bits per heavy atom. The van der Waals surface area contributed by atoms with Crippen LogP contribution in [0.2, 0.25) is 0 Å². The van der Waals surface area contributed by atoms with Gasteiger partial charge in [-0.25, -0.2) is 8.42 Å². The number of carbonyl (C=O) groups is 1.